The quantitative estimate of drug-likeness (QED) is 0.217. The number of hydrogen-bond acceptors (Lipinski definition) is 5. The number of rotatable bonds is 4. The highest BCUT2D eigenvalue weighted by atomic mass is 127. The summed E-state index contributed by atoms with van der Waals surface area (Å²) >= 11 is 2.08. The molecule has 0 aliphatic heterocycles. The minimum absolute atomic E-state index is 0.189. The second kappa shape index (κ2) is 8.08. The molecule has 0 saturated carbocycles. The van der Waals surface area contributed by atoms with Gasteiger partial charge in [-0.05, 0) is 52.9 Å². The Morgan fingerprint density at radius 3 is 2.52 bits per heavy atom. The number of halogens is 1. The third kappa shape index (κ3) is 3.75. The van der Waals surface area contributed by atoms with Gasteiger partial charge in [0, 0.05) is 15.2 Å². The van der Waals surface area contributed by atoms with Crippen LogP contribution in [-0.4, -0.2) is 13.1 Å². The topological polar surface area (TPSA) is 65.7 Å². The lowest BCUT2D eigenvalue weighted by Crippen LogP contribution is -2.10. The number of ether oxygens (including phenoxy) is 2. The van der Waals surface area contributed by atoms with Gasteiger partial charge in [-0.3, -0.25) is 4.79 Å². The molecule has 1 heterocycles. The van der Waals surface area contributed by atoms with Gasteiger partial charge >= 0.3 is 5.97 Å². The number of benzene rings is 3. The first-order valence-electron chi connectivity index (χ1n) is 8.74. The summed E-state index contributed by atoms with van der Waals surface area (Å²) in [5, 5.41) is 0.391. The molecule has 6 heteroatoms. The van der Waals surface area contributed by atoms with Crippen molar-refractivity contribution in [1.29, 1.82) is 0 Å². The fourth-order valence-corrected chi connectivity index (χ4v) is 3.62. The van der Waals surface area contributed by atoms with Crippen molar-refractivity contribution < 1.29 is 18.7 Å². The summed E-state index contributed by atoms with van der Waals surface area (Å²) in [6.45, 7) is 0. The molecule has 5 nitrogen and oxygen atoms in total. The van der Waals surface area contributed by atoms with Gasteiger partial charge in [0.2, 0.25) is 5.43 Å². The highest BCUT2D eigenvalue weighted by Gasteiger charge is 2.15. The summed E-state index contributed by atoms with van der Waals surface area (Å²) in [7, 11) is 1.55. The molecule has 0 aliphatic carbocycles. The van der Waals surface area contributed by atoms with Crippen LogP contribution in [0.5, 0.6) is 11.5 Å². The van der Waals surface area contributed by atoms with Crippen LogP contribution in [0.3, 0.4) is 0 Å². The molecule has 144 valence electrons. The van der Waals surface area contributed by atoms with Crippen molar-refractivity contribution in [2.75, 3.05) is 7.11 Å². The largest absolute Gasteiger partial charge is 0.496 e. The van der Waals surface area contributed by atoms with E-state index >= 15 is 0 Å². The van der Waals surface area contributed by atoms with Crippen molar-refractivity contribution in [3.05, 3.63) is 92.4 Å². The monoisotopic (exact) mass is 498 g/mol. The van der Waals surface area contributed by atoms with Crippen LogP contribution in [0.1, 0.15) is 10.4 Å². The zero-order chi connectivity index (χ0) is 20.4. The summed E-state index contributed by atoms with van der Waals surface area (Å²) < 4.78 is 17.3. The van der Waals surface area contributed by atoms with Gasteiger partial charge in [-0.2, -0.15) is 0 Å². The van der Waals surface area contributed by atoms with Crippen molar-refractivity contribution in [3.63, 3.8) is 0 Å². The maximum atomic E-state index is 13.0. The molecule has 0 bridgehead atoms. The highest BCUT2D eigenvalue weighted by Crippen LogP contribution is 2.29. The molecule has 29 heavy (non-hydrogen) atoms. The molecule has 0 fully saturated rings. The third-order valence-electron chi connectivity index (χ3n) is 4.45. The van der Waals surface area contributed by atoms with E-state index in [-0.39, 0.29) is 5.43 Å². The van der Waals surface area contributed by atoms with E-state index in [4.69, 9.17) is 13.9 Å². The van der Waals surface area contributed by atoms with Crippen LogP contribution in [0.2, 0.25) is 0 Å². The predicted octanol–water partition coefficient (Wildman–Crippen LogP) is 5.29. The van der Waals surface area contributed by atoms with E-state index < -0.39 is 5.97 Å². The minimum Gasteiger partial charge on any atom is -0.496 e. The van der Waals surface area contributed by atoms with Gasteiger partial charge in [0.25, 0.3) is 0 Å². The molecular weight excluding hydrogens is 483 g/mol. The standard InChI is InChI=1S/C23H15IO5/c1-27-20-9-5-3-6-15(20)18-13-28-21-12-14(10-11-17(21)22(18)25)29-23(26)16-7-2-4-8-19(16)24/h2-13H,1H3. The van der Waals surface area contributed by atoms with Crippen LogP contribution in [0.4, 0.5) is 0 Å². The number of methoxy groups -OCH3 is 1. The summed E-state index contributed by atoms with van der Waals surface area (Å²) in [6, 6.07) is 19.1. The molecule has 4 rings (SSSR count). The Kier molecular flexibility index (Phi) is 5.35. The van der Waals surface area contributed by atoms with E-state index in [0.29, 0.717) is 39.2 Å². The Morgan fingerprint density at radius 1 is 0.966 bits per heavy atom. The predicted molar refractivity (Wildman–Crippen MR) is 119 cm³/mol. The van der Waals surface area contributed by atoms with Crippen LogP contribution in [-0.2, 0) is 0 Å². The summed E-state index contributed by atoms with van der Waals surface area (Å²) in [6.07, 6.45) is 1.40. The van der Waals surface area contributed by atoms with Crippen LogP contribution in [0.25, 0.3) is 22.1 Å². The van der Waals surface area contributed by atoms with Gasteiger partial charge in [0.05, 0.1) is 23.6 Å². The van der Waals surface area contributed by atoms with Gasteiger partial charge in [0.15, 0.2) is 0 Å². The maximum absolute atomic E-state index is 13.0. The number of carbonyl (C=O) groups is 1. The molecule has 0 radical (unpaired) electrons. The fourth-order valence-electron chi connectivity index (χ4n) is 3.01. The SMILES string of the molecule is COc1ccccc1-c1coc2cc(OC(=O)c3ccccc3I)ccc2c1=O. The van der Waals surface area contributed by atoms with Crippen molar-refractivity contribution in [3.8, 4) is 22.6 Å². The number of carbonyl (C=O) groups excluding carboxylic acids is 1. The fraction of sp³-hybridized carbons (Fsp3) is 0.0435. The smallest absolute Gasteiger partial charge is 0.344 e. The molecule has 0 atom stereocenters. The first-order valence-corrected chi connectivity index (χ1v) is 9.82. The average molecular weight is 498 g/mol. The van der Waals surface area contributed by atoms with Gasteiger partial charge < -0.3 is 13.9 Å². The van der Waals surface area contributed by atoms with Crippen LogP contribution < -0.4 is 14.9 Å². The van der Waals surface area contributed by atoms with E-state index in [0.717, 1.165) is 3.57 Å². The molecule has 0 N–H and O–H groups in total. The number of para-hydroxylation sites is 1. The molecule has 0 saturated heterocycles. The zero-order valence-corrected chi connectivity index (χ0v) is 17.5. The van der Waals surface area contributed by atoms with Crippen LogP contribution >= 0.6 is 22.6 Å². The van der Waals surface area contributed by atoms with Gasteiger partial charge in [0.1, 0.15) is 23.3 Å². The summed E-state index contributed by atoms with van der Waals surface area (Å²) in [4.78, 5) is 25.4. The van der Waals surface area contributed by atoms with Crippen LogP contribution in [0.15, 0.2) is 82.2 Å². The molecule has 0 amide bonds. The minimum atomic E-state index is -0.470. The molecule has 3 aromatic carbocycles. The average Bonchev–Trinajstić information content (AvgIpc) is 2.74. The van der Waals surface area contributed by atoms with E-state index in [1.54, 1.807) is 43.5 Å². The van der Waals surface area contributed by atoms with Crippen molar-refractivity contribution in [2.24, 2.45) is 0 Å². The Hall–Kier alpha value is -3.13. The van der Waals surface area contributed by atoms with E-state index in [2.05, 4.69) is 22.6 Å². The van der Waals surface area contributed by atoms with Gasteiger partial charge in [-0.25, -0.2) is 4.79 Å². The first-order chi connectivity index (χ1) is 14.1. The molecule has 0 spiro atoms. The molecule has 1 aromatic heterocycles. The Bertz CT molecular complexity index is 1280. The van der Waals surface area contributed by atoms with Gasteiger partial charge in [-0.15, -0.1) is 0 Å². The molecular formula is C23H15IO5. The lowest BCUT2D eigenvalue weighted by atomic mass is 10.0. The zero-order valence-electron chi connectivity index (χ0n) is 15.3. The lowest BCUT2D eigenvalue weighted by molar-refractivity contribution is 0.0734. The second-order valence-corrected chi connectivity index (χ2v) is 7.37. The Balaban J connectivity index is 1.70. The maximum Gasteiger partial charge on any atom is 0.344 e. The lowest BCUT2D eigenvalue weighted by Gasteiger charge is -2.09. The van der Waals surface area contributed by atoms with Gasteiger partial charge in [-0.1, -0.05) is 30.3 Å². The van der Waals surface area contributed by atoms with Crippen molar-refractivity contribution in [1.82, 2.24) is 0 Å². The van der Waals surface area contributed by atoms with Crippen molar-refractivity contribution >= 4 is 39.5 Å². The van der Waals surface area contributed by atoms with E-state index in [1.807, 2.05) is 24.3 Å². The number of esters is 1. The number of fused-ring (bicyclic) bond motifs is 1. The Labute approximate surface area is 180 Å². The van der Waals surface area contributed by atoms with E-state index in [9.17, 15) is 9.59 Å². The summed E-state index contributed by atoms with van der Waals surface area (Å²) in [5.74, 6) is 0.417. The molecule has 0 unspecified atom stereocenters. The molecule has 0 aliphatic rings. The highest BCUT2D eigenvalue weighted by molar-refractivity contribution is 14.1. The summed E-state index contributed by atoms with van der Waals surface area (Å²) in [5.41, 5.74) is 1.67. The normalized spacial score (nSPS) is 10.7. The van der Waals surface area contributed by atoms with Crippen molar-refractivity contribution in [2.45, 2.75) is 0 Å². The number of hydrogen-bond donors (Lipinski definition) is 0. The third-order valence-corrected chi connectivity index (χ3v) is 5.39. The Morgan fingerprint density at radius 2 is 1.72 bits per heavy atom. The van der Waals surface area contributed by atoms with Crippen LogP contribution in [0, 0.1) is 3.57 Å². The second-order valence-electron chi connectivity index (χ2n) is 6.21. The van der Waals surface area contributed by atoms with E-state index in [1.165, 1.54) is 12.3 Å². The first kappa shape index (κ1) is 19.2. The molecule has 4 aromatic rings.